The zero-order valence-electron chi connectivity index (χ0n) is 18.0. The Kier molecular flexibility index (Phi) is 5.88. The van der Waals surface area contributed by atoms with Gasteiger partial charge in [-0.3, -0.25) is 14.2 Å². The third kappa shape index (κ3) is 4.23. The molecule has 31 heavy (non-hydrogen) atoms. The molecule has 1 aliphatic rings. The summed E-state index contributed by atoms with van der Waals surface area (Å²) in [4.78, 5) is 34.4. The normalized spacial score (nSPS) is 15.4. The number of hydrogen-bond donors (Lipinski definition) is 1. The molecule has 0 bridgehead atoms. The van der Waals surface area contributed by atoms with Crippen LogP contribution in [0.1, 0.15) is 30.2 Å². The Balaban J connectivity index is 1.52. The van der Waals surface area contributed by atoms with Crippen LogP contribution in [-0.2, 0) is 30.7 Å². The van der Waals surface area contributed by atoms with Gasteiger partial charge in [-0.25, -0.2) is 9.97 Å². The van der Waals surface area contributed by atoms with Gasteiger partial charge in [-0.05, 0) is 42.9 Å². The number of ether oxygens (including phenoxy) is 2. The molecule has 0 spiro atoms. The maximum Gasteiger partial charge on any atom is 0.263 e. The number of nitrogens with one attached hydrogen (secondary N) is 1. The number of nitrogens with zero attached hydrogens (tertiary/aromatic N) is 3. The Hall–Kier alpha value is -3.42. The second-order valence-corrected chi connectivity index (χ2v) is 7.92. The molecular formula is C23H26N4O4. The second kappa shape index (κ2) is 8.75. The molecule has 1 N–H and O–H groups in total. The largest absolute Gasteiger partial charge is 0.493 e. The fourth-order valence-electron chi connectivity index (χ4n) is 4.03. The van der Waals surface area contributed by atoms with E-state index in [-0.39, 0.29) is 24.6 Å². The lowest BCUT2D eigenvalue weighted by molar-refractivity contribution is -0.121. The van der Waals surface area contributed by atoms with Crippen LogP contribution < -0.4 is 20.3 Å². The van der Waals surface area contributed by atoms with Crippen LogP contribution in [0.4, 0.5) is 0 Å². The molecule has 0 radical (unpaired) electrons. The first-order valence-corrected chi connectivity index (χ1v) is 10.3. The molecule has 2 aromatic heterocycles. The van der Waals surface area contributed by atoms with Crippen molar-refractivity contribution < 1.29 is 14.3 Å². The van der Waals surface area contributed by atoms with E-state index in [1.807, 2.05) is 18.2 Å². The molecule has 0 saturated heterocycles. The molecule has 4 rings (SSSR count). The number of aryl methyl sites for hydroxylation is 1. The first-order chi connectivity index (χ1) is 15.0. The van der Waals surface area contributed by atoms with Gasteiger partial charge in [0.15, 0.2) is 17.1 Å². The molecular weight excluding hydrogens is 396 g/mol. The fourth-order valence-corrected chi connectivity index (χ4v) is 4.03. The van der Waals surface area contributed by atoms with E-state index in [9.17, 15) is 9.59 Å². The van der Waals surface area contributed by atoms with Crippen molar-refractivity contribution in [1.29, 1.82) is 0 Å². The summed E-state index contributed by atoms with van der Waals surface area (Å²) >= 11 is 0. The number of rotatable bonds is 6. The minimum absolute atomic E-state index is 0.123. The van der Waals surface area contributed by atoms with E-state index >= 15 is 0 Å². The van der Waals surface area contributed by atoms with Crippen molar-refractivity contribution in [3.05, 3.63) is 57.8 Å². The lowest BCUT2D eigenvalue weighted by atomic mass is 9.87. The number of hydrogen-bond acceptors (Lipinski definition) is 6. The number of carbonyl (C=O) groups excluding carboxylic acids is 1. The summed E-state index contributed by atoms with van der Waals surface area (Å²) in [6, 6.07) is 7.37. The molecule has 1 aromatic carbocycles. The number of methoxy groups -OCH3 is 2. The summed E-state index contributed by atoms with van der Waals surface area (Å²) in [5.74, 6) is 1.44. The van der Waals surface area contributed by atoms with Crippen LogP contribution in [0.3, 0.4) is 0 Å². The molecule has 1 atom stereocenters. The predicted molar refractivity (Wildman–Crippen MR) is 116 cm³/mol. The molecule has 3 aromatic rings. The molecule has 162 valence electrons. The lowest BCUT2D eigenvalue weighted by Gasteiger charge is -2.20. The van der Waals surface area contributed by atoms with Crippen LogP contribution in [0.15, 0.2) is 35.4 Å². The molecule has 1 amide bonds. The third-order valence-electron chi connectivity index (χ3n) is 5.70. The van der Waals surface area contributed by atoms with Gasteiger partial charge in [0, 0.05) is 17.8 Å². The van der Waals surface area contributed by atoms with Crippen molar-refractivity contribution in [2.24, 2.45) is 5.92 Å². The van der Waals surface area contributed by atoms with Crippen LogP contribution in [0.5, 0.6) is 11.5 Å². The van der Waals surface area contributed by atoms with Crippen LogP contribution in [0.25, 0.3) is 11.0 Å². The van der Waals surface area contributed by atoms with E-state index in [1.165, 1.54) is 10.9 Å². The highest BCUT2D eigenvalue weighted by molar-refractivity contribution is 5.77. The zero-order valence-corrected chi connectivity index (χ0v) is 18.0. The molecule has 0 aliphatic heterocycles. The molecule has 8 heteroatoms. The Bertz CT molecular complexity index is 1190. The third-order valence-corrected chi connectivity index (χ3v) is 5.70. The molecule has 0 unspecified atom stereocenters. The Morgan fingerprint density at radius 2 is 2.13 bits per heavy atom. The fraction of sp³-hybridized carbons (Fsp3) is 0.391. The summed E-state index contributed by atoms with van der Waals surface area (Å²) in [5.41, 5.74) is 3.10. The zero-order chi connectivity index (χ0) is 22.0. The van der Waals surface area contributed by atoms with Gasteiger partial charge in [0.1, 0.15) is 12.9 Å². The van der Waals surface area contributed by atoms with E-state index in [4.69, 9.17) is 9.47 Å². The van der Waals surface area contributed by atoms with Crippen molar-refractivity contribution in [3.8, 4) is 11.5 Å². The number of para-hydroxylation sites is 1. The van der Waals surface area contributed by atoms with Crippen LogP contribution in [-0.4, -0.2) is 34.7 Å². The van der Waals surface area contributed by atoms with E-state index in [1.54, 1.807) is 20.3 Å². The van der Waals surface area contributed by atoms with E-state index in [0.717, 1.165) is 36.1 Å². The van der Waals surface area contributed by atoms with Gasteiger partial charge in [0.05, 0.1) is 19.6 Å². The highest BCUT2D eigenvalue weighted by Gasteiger charge is 2.19. The maximum atomic E-state index is 13.0. The first-order valence-electron chi connectivity index (χ1n) is 10.3. The van der Waals surface area contributed by atoms with Crippen molar-refractivity contribution in [2.45, 2.75) is 39.3 Å². The number of aromatic nitrogens is 3. The monoisotopic (exact) mass is 422 g/mol. The molecule has 8 nitrogen and oxygen atoms in total. The summed E-state index contributed by atoms with van der Waals surface area (Å²) in [5, 5.41) is 3.28. The van der Waals surface area contributed by atoms with Crippen molar-refractivity contribution in [1.82, 2.24) is 19.9 Å². The minimum Gasteiger partial charge on any atom is -0.493 e. The second-order valence-electron chi connectivity index (χ2n) is 7.92. The van der Waals surface area contributed by atoms with Gasteiger partial charge in [0.2, 0.25) is 5.91 Å². The van der Waals surface area contributed by atoms with Gasteiger partial charge < -0.3 is 14.8 Å². The number of carbonyl (C=O) groups is 1. The Morgan fingerprint density at radius 3 is 2.90 bits per heavy atom. The van der Waals surface area contributed by atoms with Gasteiger partial charge >= 0.3 is 0 Å². The number of fused-ring (bicyclic) bond motifs is 2. The standard InChI is InChI=1S/C23H26N4O4/c1-14-7-8-18-16(9-14)10-17-22(26-18)25-13-27(23(17)29)12-20(28)24-11-15-5-4-6-19(30-2)21(15)31-3/h4-6,10,13-14H,7-9,11-12H2,1-3H3,(H,24,28)/t14-/m0/s1. The van der Waals surface area contributed by atoms with Crippen LogP contribution >= 0.6 is 0 Å². The van der Waals surface area contributed by atoms with Gasteiger partial charge in [-0.15, -0.1) is 0 Å². The van der Waals surface area contributed by atoms with Gasteiger partial charge in [-0.2, -0.15) is 0 Å². The maximum absolute atomic E-state index is 13.0. The predicted octanol–water partition coefficient (Wildman–Crippen LogP) is 2.25. The summed E-state index contributed by atoms with van der Waals surface area (Å²) in [6.07, 6.45) is 4.31. The number of benzene rings is 1. The highest BCUT2D eigenvalue weighted by atomic mass is 16.5. The van der Waals surface area contributed by atoms with Gasteiger partial charge in [-0.1, -0.05) is 19.1 Å². The van der Waals surface area contributed by atoms with Crippen molar-refractivity contribution >= 4 is 16.9 Å². The highest BCUT2D eigenvalue weighted by Crippen LogP contribution is 2.30. The lowest BCUT2D eigenvalue weighted by Crippen LogP contribution is -2.32. The average molecular weight is 422 g/mol. The smallest absolute Gasteiger partial charge is 0.263 e. The van der Waals surface area contributed by atoms with E-state index in [0.29, 0.717) is 28.5 Å². The summed E-state index contributed by atoms with van der Waals surface area (Å²) in [7, 11) is 3.11. The Morgan fingerprint density at radius 1 is 1.29 bits per heavy atom. The van der Waals surface area contributed by atoms with Gasteiger partial charge in [0.25, 0.3) is 5.56 Å². The first kappa shape index (κ1) is 20.8. The van der Waals surface area contributed by atoms with Crippen molar-refractivity contribution in [2.75, 3.05) is 14.2 Å². The van der Waals surface area contributed by atoms with Crippen molar-refractivity contribution in [3.63, 3.8) is 0 Å². The Labute approximate surface area is 180 Å². The number of pyridine rings is 1. The van der Waals surface area contributed by atoms with E-state index < -0.39 is 0 Å². The summed E-state index contributed by atoms with van der Waals surface area (Å²) in [6.45, 7) is 2.33. The van der Waals surface area contributed by atoms with E-state index in [2.05, 4.69) is 22.2 Å². The number of amides is 1. The molecule has 2 heterocycles. The van der Waals surface area contributed by atoms with Crippen LogP contribution in [0.2, 0.25) is 0 Å². The molecule has 0 saturated carbocycles. The van der Waals surface area contributed by atoms with Crippen LogP contribution in [0, 0.1) is 5.92 Å². The average Bonchev–Trinajstić information content (AvgIpc) is 2.78. The topological polar surface area (TPSA) is 95.3 Å². The molecule has 0 fully saturated rings. The minimum atomic E-state index is -0.298. The molecule has 1 aliphatic carbocycles. The quantitative estimate of drug-likeness (QED) is 0.655. The summed E-state index contributed by atoms with van der Waals surface area (Å²) < 4.78 is 12.0. The SMILES string of the molecule is COc1cccc(CNC(=O)Cn2cnc3nc4c(cc3c2=O)C[C@@H](C)CC4)c1OC.